The number of aliphatic hydroxyl groups excluding tert-OH is 1. The van der Waals surface area contributed by atoms with Gasteiger partial charge in [-0.15, -0.1) is 0 Å². The summed E-state index contributed by atoms with van der Waals surface area (Å²) in [4.78, 5) is 72.7. The average molecular weight is 1420 g/mol. The van der Waals surface area contributed by atoms with E-state index in [2.05, 4.69) is 41.5 Å². The highest BCUT2D eigenvalue weighted by Crippen LogP contribution is 2.45. The van der Waals surface area contributed by atoms with Crippen LogP contribution >= 0.6 is 15.6 Å². The van der Waals surface area contributed by atoms with E-state index in [9.17, 15) is 43.2 Å². The molecule has 0 saturated carbocycles. The van der Waals surface area contributed by atoms with Crippen LogP contribution in [0.3, 0.4) is 0 Å². The minimum atomic E-state index is -4.96. The lowest BCUT2D eigenvalue weighted by atomic mass is 9.99. The van der Waals surface area contributed by atoms with Gasteiger partial charge in [-0.1, -0.05) is 356 Å². The zero-order chi connectivity index (χ0) is 71.4. The summed E-state index contributed by atoms with van der Waals surface area (Å²) in [5.41, 5.74) is 0. The number of phosphoric ester groups is 2. The number of carbonyl (C=O) groups is 4. The summed E-state index contributed by atoms with van der Waals surface area (Å²) < 4.78 is 68.5. The van der Waals surface area contributed by atoms with Crippen molar-refractivity contribution in [3.05, 3.63) is 0 Å². The Morgan fingerprint density at radius 2 is 0.526 bits per heavy atom. The molecule has 0 aromatic heterocycles. The Morgan fingerprint density at radius 3 is 0.784 bits per heavy atom. The minimum Gasteiger partial charge on any atom is -0.462 e. The third kappa shape index (κ3) is 70.9. The number of rotatable bonds is 77. The molecule has 0 aliphatic rings. The summed E-state index contributed by atoms with van der Waals surface area (Å²) in [5.74, 6) is -0.455. The molecule has 0 aromatic carbocycles. The van der Waals surface area contributed by atoms with Gasteiger partial charge in [-0.2, -0.15) is 0 Å². The summed E-state index contributed by atoms with van der Waals surface area (Å²) in [6.07, 6.45) is 58.4. The first-order chi connectivity index (χ1) is 46.9. The summed E-state index contributed by atoms with van der Waals surface area (Å²) >= 11 is 0. The van der Waals surface area contributed by atoms with Crippen molar-refractivity contribution in [3.63, 3.8) is 0 Å². The first-order valence-corrected chi connectivity index (χ1v) is 43.5. The molecule has 0 saturated heterocycles. The second-order valence-electron chi connectivity index (χ2n) is 28.8. The fraction of sp³-hybridized carbons (Fsp3) is 0.949. The Hall–Kier alpha value is -1.94. The molecule has 0 rings (SSSR count). The Balaban J connectivity index is 5.16. The highest BCUT2D eigenvalue weighted by atomic mass is 31.2. The van der Waals surface area contributed by atoms with Gasteiger partial charge in [-0.25, -0.2) is 9.13 Å². The fourth-order valence-electron chi connectivity index (χ4n) is 12.0. The van der Waals surface area contributed by atoms with Crippen molar-refractivity contribution in [2.45, 2.75) is 426 Å². The first kappa shape index (κ1) is 95.1. The van der Waals surface area contributed by atoms with Crippen molar-refractivity contribution in [1.29, 1.82) is 0 Å². The first-order valence-electron chi connectivity index (χ1n) is 40.5. The average Bonchev–Trinajstić information content (AvgIpc) is 1.38. The molecule has 0 aliphatic carbocycles. The largest absolute Gasteiger partial charge is 0.472 e. The SMILES string of the molecule is CCCCCCCCCCCCCCC(=O)O[C@H](COC(=O)CCCCCCCCC)COP(=O)(O)OC[C@H](O)COP(=O)(O)OC[C@@H](COC(=O)CCCCCCCCCCCCCCCC(C)C)OC(=O)CCCCCCCCCCCCCCCCCCCCC(C)CC. The zero-order valence-electron chi connectivity index (χ0n) is 63.4. The van der Waals surface area contributed by atoms with Crippen molar-refractivity contribution in [2.24, 2.45) is 11.8 Å². The van der Waals surface area contributed by atoms with Gasteiger partial charge in [0.1, 0.15) is 19.3 Å². The van der Waals surface area contributed by atoms with Crippen LogP contribution < -0.4 is 0 Å². The van der Waals surface area contributed by atoms with Crippen molar-refractivity contribution in [3.8, 4) is 0 Å². The Bertz CT molecular complexity index is 1870. The van der Waals surface area contributed by atoms with Crippen LogP contribution in [0.1, 0.15) is 408 Å². The minimum absolute atomic E-state index is 0.107. The number of unbranched alkanes of at least 4 members (excludes halogenated alkanes) is 46. The maximum atomic E-state index is 13.1. The van der Waals surface area contributed by atoms with Crippen molar-refractivity contribution >= 4 is 39.5 Å². The summed E-state index contributed by atoms with van der Waals surface area (Å²) in [7, 11) is -9.91. The van der Waals surface area contributed by atoms with E-state index in [0.29, 0.717) is 25.7 Å². The number of ether oxygens (including phenoxy) is 4. The number of aliphatic hydroxyl groups is 1. The normalized spacial score (nSPS) is 14.2. The van der Waals surface area contributed by atoms with Crippen molar-refractivity contribution in [1.82, 2.24) is 0 Å². The Kier molecular flexibility index (Phi) is 68.4. The van der Waals surface area contributed by atoms with Gasteiger partial charge < -0.3 is 33.8 Å². The maximum absolute atomic E-state index is 13.1. The van der Waals surface area contributed by atoms with E-state index in [4.69, 9.17) is 37.0 Å². The van der Waals surface area contributed by atoms with Crippen LogP contribution in [0.4, 0.5) is 0 Å². The van der Waals surface area contributed by atoms with E-state index < -0.39 is 97.5 Å². The molecule has 0 radical (unpaired) electrons. The predicted octanol–water partition coefficient (Wildman–Crippen LogP) is 23.1. The molecule has 3 N–H and O–H groups in total. The quantitative estimate of drug-likeness (QED) is 0.0222. The van der Waals surface area contributed by atoms with Gasteiger partial charge in [-0.05, 0) is 37.5 Å². The standard InChI is InChI=1S/C78H152O17P2/c1-7-10-12-14-16-17-18-32-38-44-50-56-62-77(82)94-73(66-88-75(80)60-54-48-40-15-13-11-8-2)68-92-96(84,85)90-64-72(79)65-91-97(86,87)93-69-74(67-89-76(81)61-55-49-43-37-33-29-25-26-30-35-41-46-52-58-70(4)5)95-78(83)63-57-51-45-39-34-28-24-22-20-19-21-23-27-31-36-42-47-53-59-71(6)9-3/h70-74,79H,7-69H2,1-6H3,(H,84,85)(H,86,87)/t71?,72-,73+,74+/m0/s1. The van der Waals surface area contributed by atoms with Crippen LogP contribution in [-0.4, -0.2) is 96.7 Å². The molecule has 6 atom stereocenters. The van der Waals surface area contributed by atoms with Gasteiger partial charge in [0.2, 0.25) is 0 Å². The summed E-state index contributed by atoms with van der Waals surface area (Å²) in [5, 5.41) is 10.6. The molecule has 576 valence electrons. The predicted molar refractivity (Wildman–Crippen MR) is 395 cm³/mol. The number of esters is 4. The third-order valence-electron chi connectivity index (χ3n) is 18.6. The molecule has 0 bridgehead atoms. The number of hydrogen-bond donors (Lipinski definition) is 3. The van der Waals surface area contributed by atoms with Gasteiger partial charge in [0.15, 0.2) is 12.2 Å². The van der Waals surface area contributed by atoms with Gasteiger partial charge >= 0.3 is 39.5 Å². The lowest BCUT2D eigenvalue weighted by molar-refractivity contribution is -0.161. The molecule has 17 nitrogen and oxygen atoms in total. The van der Waals surface area contributed by atoms with E-state index >= 15 is 0 Å². The molecule has 0 heterocycles. The van der Waals surface area contributed by atoms with Gasteiger partial charge in [0.05, 0.1) is 26.4 Å². The monoisotopic (exact) mass is 1420 g/mol. The van der Waals surface area contributed by atoms with Crippen LogP contribution in [0.15, 0.2) is 0 Å². The molecule has 0 fully saturated rings. The lowest BCUT2D eigenvalue weighted by Gasteiger charge is -2.21. The highest BCUT2D eigenvalue weighted by Gasteiger charge is 2.30. The van der Waals surface area contributed by atoms with E-state index in [-0.39, 0.29) is 25.7 Å². The van der Waals surface area contributed by atoms with E-state index in [1.54, 1.807) is 0 Å². The van der Waals surface area contributed by atoms with Crippen LogP contribution in [0.2, 0.25) is 0 Å². The molecule has 19 heteroatoms. The van der Waals surface area contributed by atoms with Crippen LogP contribution in [0.25, 0.3) is 0 Å². The van der Waals surface area contributed by atoms with Crippen LogP contribution in [-0.2, 0) is 65.4 Å². The second kappa shape index (κ2) is 69.8. The Labute approximate surface area is 594 Å². The van der Waals surface area contributed by atoms with Crippen LogP contribution in [0, 0.1) is 11.8 Å². The Morgan fingerprint density at radius 1 is 0.299 bits per heavy atom. The number of hydrogen-bond acceptors (Lipinski definition) is 15. The molecule has 0 aliphatic heterocycles. The van der Waals surface area contributed by atoms with E-state index in [1.165, 1.54) is 212 Å². The van der Waals surface area contributed by atoms with Gasteiger partial charge in [-0.3, -0.25) is 37.3 Å². The zero-order valence-corrected chi connectivity index (χ0v) is 65.2. The van der Waals surface area contributed by atoms with Crippen molar-refractivity contribution < 1.29 is 80.2 Å². The van der Waals surface area contributed by atoms with E-state index in [0.717, 1.165) is 115 Å². The lowest BCUT2D eigenvalue weighted by Crippen LogP contribution is -2.30. The molecule has 0 spiro atoms. The topological polar surface area (TPSA) is 237 Å². The third-order valence-corrected chi connectivity index (χ3v) is 20.5. The number of phosphoric acid groups is 2. The van der Waals surface area contributed by atoms with Gasteiger partial charge in [0, 0.05) is 25.7 Å². The maximum Gasteiger partial charge on any atom is 0.472 e. The fourth-order valence-corrected chi connectivity index (χ4v) is 13.6. The highest BCUT2D eigenvalue weighted by molar-refractivity contribution is 7.47. The van der Waals surface area contributed by atoms with Crippen LogP contribution in [0.5, 0.6) is 0 Å². The molecular formula is C78H152O17P2. The summed E-state index contributed by atoms with van der Waals surface area (Å²) in [6.45, 7) is 9.65. The van der Waals surface area contributed by atoms with Crippen molar-refractivity contribution in [2.75, 3.05) is 39.6 Å². The molecular weight excluding hydrogens is 1270 g/mol. The second-order valence-corrected chi connectivity index (χ2v) is 31.7. The smallest absolute Gasteiger partial charge is 0.462 e. The summed E-state index contributed by atoms with van der Waals surface area (Å²) in [6, 6.07) is 0. The molecule has 0 amide bonds. The molecule has 97 heavy (non-hydrogen) atoms. The van der Waals surface area contributed by atoms with Gasteiger partial charge in [0.25, 0.3) is 0 Å². The number of carbonyl (C=O) groups excluding carboxylic acids is 4. The molecule has 0 aromatic rings. The van der Waals surface area contributed by atoms with E-state index in [1.807, 2.05) is 0 Å². The molecule has 3 unspecified atom stereocenters.